The highest BCUT2D eigenvalue weighted by molar-refractivity contribution is 5.92. The molecule has 0 aliphatic rings. The highest BCUT2D eigenvalue weighted by atomic mass is 16.5. The predicted octanol–water partition coefficient (Wildman–Crippen LogP) is 5.57. The van der Waals surface area contributed by atoms with E-state index in [2.05, 4.69) is 20.6 Å². The number of hydrogen-bond acceptors (Lipinski definition) is 5. The van der Waals surface area contributed by atoms with Crippen LogP contribution in [0, 0.1) is 6.92 Å². The standard InChI is InChI=1S/C27H26N4O2/c1-3-33-23-15-13-22(14-16-23)28-18-26(32)31-27-29-24(20-7-5-4-6-8-20)17-25(30-27)21-11-9-19(2)10-12-21/h4-17,28H,3,18H2,1-2H3,(H,29,30,31,32). The lowest BCUT2D eigenvalue weighted by Gasteiger charge is -2.11. The molecule has 0 unspecified atom stereocenters. The van der Waals surface area contributed by atoms with Crippen molar-refractivity contribution in [2.45, 2.75) is 13.8 Å². The van der Waals surface area contributed by atoms with E-state index in [1.807, 2.05) is 98.8 Å². The summed E-state index contributed by atoms with van der Waals surface area (Å²) in [7, 11) is 0. The minimum Gasteiger partial charge on any atom is -0.494 e. The average Bonchev–Trinajstić information content (AvgIpc) is 2.84. The van der Waals surface area contributed by atoms with E-state index in [1.165, 1.54) is 5.56 Å². The number of carbonyl (C=O) groups excluding carboxylic acids is 1. The maximum atomic E-state index is 12.6. The summed E-state index contributed by atoms with van der Waals surface area (Å²) in [6.07, 6.45) is 0. The number of aromatic nitrogens is 2. The Balaban J connectivity index is 1.52. The second-order valence-corrected chi connectivity index (χ2v) is 7.55. The van der Waals surface area contributed by atoms with Gasteiger partial charge < -0.3 is 10.1 Å². The van der Waals surface area contributed by atoms with E-state index in [0.29, 0.717) is 6.61 Å². The molecule has 0 saturated heterocycles. The third kappa shape index (κ3) is 5.95. The van der Waals surface area contributed by atoms with Crippen molar-refractivity contribution in [3.8, 4) is 28.3 Å². The zero-order chi connectivity index (χ0) is 23.0. The Morgan fingerprint density at radius 3 is 2.12 bits per heavy atom. The van der Waals surface area contributed by atoms with Crippen LogP contribution in [0.25, 0.3) is 22.5 Å². The van der Waals surface area contributed by atoms with E-state index in [1.54, 1.807) is 0 Å². The molecule has 0 fully saturated rings. The zero-order valence-corrected chi connectivity index (χ0v) is 18.7. The normalized spacial score (nSPS) is 10.5. The summed E-state index contributed by atoms with van der Waals surface area (Å²) in [4.78, 5) is 21.8. The number of aryl methyl sites for hydroxylation is 1. The largest absolute Gasteiger partial charge is 0.494 e. The van der Waals surface area contributed by atoms with Crippen LogP contribution in [0.1, 0.15) is 12.5 Å². The number of nitrogens with zero attached hydrogens (tertiary/aromatic N) is 2. The van der Waals surface area contributed by atoms with Gasteiger partial charge in [0.15, 0.2) is 0 Å². The van der Waals surface area contributed by atoms with Gasteiger partial charge >= 0.3 is 0 Å². The molecule has 1 heterocycles. The first-order chi connectivity index (χ1) is 16.1. The third-order valence-corrected chi connectivity index (χ3v) is 5.01. The Hall–Kier alpha value is -4.19. The van der Waals surface area contributed by atoms with Crippen molar-refractivity contribution in [3.05, 3.63) is 90.5 Å². The van der Waals surface area contributed by atoms with Crippen molar-refractivity contribution in [1.82, 2.24) is 9.97 Å². The molecule has 0 atom stereocenters. The molecule has 0 aliphatic heterocycles. The maximum Gasteiger partial charge on any atom is 0.246 e. The molecule has 0 aliphatic carbocycles. The van der Waals surface area contributed by atoms with Gasteiger partial charge in [0.25, 0.3) is 0 Å². The Morgan fingerprint density at radius 2 is 1.48 bits per heavy atom. The lowest BCUT2D eigenvalue weighted by Crippen LogP contribution is -2.23. The first kappa shape index (κ1) is 22.0. The van der Waals surface area contributed by atoms with E-state index in [-0.39, 0.29) is 18.4 Å². The first-order valence-electron chi connectivity index (χ1n) is 10.9. The summed E-state index contributed by atoms with van der Waals surface area (Å²) < 4.78 is 5.44. The van der Waals surface area contributed by atoms with Crippen molar-refractivity contribution < 1.29 is 9.53 Å². The van der Waals surface area contributed by atoms with Crippen molar-refractivity contribution >= 4 is 17.5 Å². The zero-order valence-electron chi connectivity index (χ0n) is 18.7. The van der Waals surface area contributed by atoms with Gasteiger partial charge in [-0.15, -0.1) is 0 Å². The van der Waals surface area contributed by atoms with Crippen molar-refractivity contribution in [1.29, 1.82) is 0 Å². The fourth-order valence-corrected chi connectivity index (χ4v) is 3.32. The molecule has 0 spiro atoms. The molecule has 0 saturated carbocycles. The number of amides is 1. The Kier molecular flexibility index (Phi) is 6.95. The molecule has 6 nitrogen and oxygen atoms in total. The van der Waals surface area contributed by atoms with Gasteiger partial charge in [-0.25, -0.2) is 9.97 Å². The predicted molar refractivity (Wildman–Crippen MR) is 132 cm³/mol. The number of hydrogen-bond donors (Lipinski definition) is 2. The molecule has 0 bridgehead atoms. The fraction of sp³-hybridized carbons (Fsp3) is 0.148. The minimum atomic E-state index is -0.232. The van der Waals surface area contributed by atoms with Crippen LogP contribution < -0.4 is 15.4 Å². The summed E-state index contributed by atoms with van der Waals surface area (Å²) in [6, 6.07) is 27.4. The van der Waals surface area contributed by atoms with Gasteiger partial charge in [0, 0.05) is 16.8 Å². The highest BCUT2D eigenvalue weighted by Crippen LogP contribution is 2.25. The van der Waals surface area contributed by atoms with E-state index in [0.717, 1.165) is 34.0 Å². The van der Waals surface area contributed by atoms with Crippen LogP contribution in [0.4, 0.5) is 11.6 Å². The Morgan fingerprint density at radius 1 is 0.848 bits per heavy atom. The van der Waals surface area contributed by atoms with Crippen LogP contribution >= 0.6 is 0 Å². The molecule has 2 N–H and O–H groups in total. The average molecular weight is 439 g/mol. The SMILES string of the molecule is CCOc1ccc(NCC(=O)Nc2nc(-c3ccccc3)cc(-c3ccc(C)cc3)n2)cc1. The van der Waals surface area contributed by atoms with Gasteiger partial charge in [-0.3, -0.25) is 10.1 Å². The molecular weight excluding hydrogens is 412 g/mol. The molecule has 0 radical (unpaired) electrons. The molecule has 4 aromatic rings. The lowest BCUT2D eigenvalue weighted by molar-refractivity contribution is -0.114. The van der Waals surface area contributed by atoms with Crippen molar-refractivity contribution in [3.63, 3.8) is 0 Å². The van der Waals surface area contributed by atoms with E-state index < -0.39 is 0 Å². The van der Waals surface area contributed by atoms with Crippen LogP contribution in [0.2, 0.25) is 0 Å². The minimum absolute atomic E-state index is 0.0901. The number of anilines is 2. The molecular formula is C27H26N4O2. The number of nitrogens with one attached hydrogen (secondary N) is 2. The lowest BCUT2D eigenvalue weighted by atomic mass is 10.1. The number of carbonyl (C=O) groups is 1. The third-order valence-electron chi connectivity index (χ3n) is 5.01. The summed E-state index contributed by atoms with van der Waals surface area (Å²) in [5, 5.41) is 5.94. The van der Waals surface area contributed by atoms with Crippen LogP contribution in [-0.4, -0.2) is 29.0 Å². The quantitative estimate of drug-likeness (QED) is 0.376. The molecule has 166 valence electrons. The monoisotopic (exact) mass is 438 g/mol. The second-order valence-electron chi connectivity index (χ2n) is 7.55. The first-order valence-corrected chi connectivity index (χ1v) is 10.9. The summed E-state index contributed by atoms with van der Waals surface area (Å²) in [5.74, 6) is 0.830. The second kappa shape index (κ2) is 10.4. The summed E-state index contributed by atoms with van der Waals surface area (Å²) in [5.41, 5.74) is 5.41. The molecule has 1 amide bonds. The molecule has 33 heavy (non-hydrogen) atoms. The summed E-state index contributed by atoms with van der Waals surface area (Å²) >= 11 is 0. The van der Waals surface area contributed by atoms with Crippen LogP contribution in [-0.2, 0) is 4.79 Å². The van der Waals surface area contributed by atoms with Crippen molar-refractivity contribution in [2.75, 3.05) is 23.8 Å². The molecule has 6 heteroatoms. The van der Waals surface area contributed by atoms with Gasteiger partial charge in [0.05, 0.1) is 24.5 Å². The molecule has 4 rings (SSSR count). The van der Waals surface area contributed by atoms with E-state index >= 15 is 0 Å². The number of ether oxygens (including phenoxy) is 1. The van der Waals surface area contributed by atoms with Crippen LogP contribution in [0.5, 0.6) is 5.75 Å². The van der Waals surface area contributed by atoms with Crippen molar-refractivity contribution in [2.24, 2.45) is 0 Å². The van der Waals surface area contributed by atoms with Crippen LogP contribution in [0.15, 0.2) is 84.9 Å². The summed E-state index contributed by atoms with van der Waals surface area (Å²) in [6.45, 7) is 4.69. The van der Waals surface area contributed by atoms with Gasteiger partial charge in [-0.2, -0.15) is 0 Å². The Bertz CT molecular complexity index is 1210. The van der Waals surface area contributed by atoms with Gasteiger partial charge in [0.1, 0.15) is 5.75 Å². The number of benzene rings is 3. The van der Waals surface area contributed by atoms with Gasteiger partial charge in [-0.05, 0) is 44.2 Å². The Labute approximate surface area is 193 Å². The van der Waals surface area contributed by atoms with Crippen LogP contribution in [0.3, 0.4) is 0 Å². The number of rotatable bonds is 8. The maximum absolute atomic E-state index is 12.6. The fourth-order valence-electron chi connectivity index (χ4n) is 3.32. The molecule has 1 aromatic heterocycles. The molecule has 3 aromatic carbocycles. The smallest absolute Gasteiger partial charge is 0.246 e. The van der Waals surface area contributed by atoms with E-state index in [4.69, 9.17) is 4.74 Å². The topological polar surface area (TPSA) is 76.1 Å². The highest BCUT2D eigenvalue weighted by Gasteiger charge is 2.11. The van der Waals surface area contributed by atoms with Gasteiger partial charge in [0.2, 0.25) is 11.9 Å². The van der Waals surface area contributed by atoms with E-state index in [9.17, 15) is 4.79 Å². The van der Waals surface area contributed by atoms with Gasteiger partial charge in [-0.1, -0.05) is 60.2 Å².